The SMILES string of the molecule is C(=N\Nc1cc(N2CCOCC2)nc(CCC2OCCO2)n1)/c1c[nH]c2ccccc12. The van der Waals surface area contributed by atoms with Gasteiger partial charge in [0.25, 0.3) is 0 Å². The van der Waals surface area contributed by atoms with Crippen LogP contribution < -0.4 is 10.3 Å². The number of hydrazone groups is 1. The topological polar surface area (TPSA) is 96.9 Å². The van der Waals surface area contributed by atoms with Crippen LogP contribution in [-0.2, 0) is 20.6 Å². The molecule has 5 rings (SSSR count). The van der Waals surface area contributed by atoms with E-state index in [1.165, 1.54) is 0 Å². The summed E-state index contributed by atoms with van der Waals surface area (Å²) in [5.41, 5.74) is 5.18. The number of hydrogen-bond donors (Lipinski definition) is 2. The van der Waals surface area contributed by atoms with E-state index in [-0.39, 0.29) is 6.29 Å². The summed E-state index contributed by atoms with van der Waals surface area (Å²) in [4.78, 5) is 14.9. The molecule has 0 spiro atoms. The highest BCUT2D eigenvalue weighted by Gasteiger charge is 2.18. The number of hydrogen-bond acceptors (Lipinski definition) is 8. The molecule has 4 heterocycles. The van der Waals surface area contributed by atoms with E-state index in [4.69, 9.17) is 19.2 Å². The Balaban J connectivity index is 1.33. The molecule has 0 aliphatic carbocycles. The smallest absolute Gasteiger partial charge is 0.158 e. The molecule has 162 valence electrons. The van der Waals surface area contributed by atoms with E-state index in [0.29, 0.717) is 38.7 Å². The summed E-state index contributed by atoms with van der Waals surface area (Å²) in [6.45, 7) is 4.31. The Bertz CT molecular complexity index is 1040. The van der Waals surface area contributed by atoms with Crippen molar-refractivity contribution in [3.05, 3.63) is 47.9 Å². The van der Waals surface area contributed by atoms with Crippen LogP contribution in [0.3, 0.4) is 0 Å². The molecule has 2 aliphatic heterocycles. The summed E-state index contributed by atoms with van der Waals surface area (Å²) in [6.07, 6.45) is 4.97. The number of nitrogens with one attached hydrogen (secondary N) is 2. The van der Waals surface area contributed by atoms with Gasteiger partial charge in [-0.25, -0.2) is 9.97 Å². The molecule has 9 heteroatoms. The maximum Gasteiger partial charge on any atom is 0.158 e. The van der Waals surface area contributed by atoms with E-state index in [1.54, 1.807) is 6.21 Å². The third-order valence-electron chi connectivity index (χ3n) is 5.39. The van der Waals surface area contributed by atoms with Gasteiger partial charge in [-0.15, -0.1) is 0 Å². The summed E-state index contributed by atoms with van der Waals surface area (Å²) in [5.74, 6) is 2.29. The first kappa shape index (κ1) is 19.9. The van der Waals surface area contributed by atoms with Crippen molar-refractivity contribution in [1.29, 1.82) is 0 Å². The molecule has 2 saturated heterocycles. The number of aryl methyl sites for hydroxylation is 1. The standard InChI is InChI=1S/C22H26N6O3/c1-2-4-18-17(3-1)16(14-23-18)15-24-27-20-13-21(28-7-9-29-10-8-28)26-19(25-20)5-6-22-30-11-12-31-22/h1-4,13-15,22-23H,5-12H2,(H,25,26,27)/b24-15+. The van der Waals surface area contributed by atoms with E-state index in [0.717, 1.165) is 47.6 Å². The van der Waals surface area contributed by atoms with Crippen LogP contribution in [0.4, 0.5) is 11.6 Å². The zero-order valence-electron chi connectivity index (χ0n) is 17.3. The van der Waals surface area contributed by atoms with Gasteiger partial charge in [-0.2, -0.15) is 5.10 Å². The van der Waals surface area contributed by atoms with E-state index in [2.05, 4.69) is 31.5 Å². The van der Waals surface area contributed by atoms with Crippen molar-refractivity contribution >= 4 is 28.8 Å². The van der Waals surface area contributed by atoms with Gasteiger partial charge in [0.05, 0.1) is 32.6 Å². The minimum atomic E-state index is -0.174. The Labute approximate surface area is 180 Å². The first-order chi connectivity index (χ1) is 15.3. The highest BCUT2D eigenvalue weighted by atomic mass is 16.7. The lowest BCUT2D eigenvalue weighted by atomic mass is 10.2. The molecule has 2 N–H and O–H groups in total. The highest BCUT2D eigenvalue weighted by molar-refractivity contribution is 5.99. The van der Waals surface area contributed by atoms with Gasteiger partial charge < -0.3 is 24.1 Å². The number of morpholine rings is 1. The van der Waals surface area contributed by atoms with Crippen molar-refractivity contribution in [2.75, 3.05) is 49.8 Å². The molecule has 2 aromatic heterocycles. The predicted octanol–water partition coefficient (Wildman–Crippen LogP) is 2.55. The van der Waals surface area contributed by atoms with E-state index in [1.807, 2.05) is 30.5 Å². The maximum absolute atomic E-state index is 5.55. The second-order valence-corrected chi connectivity index (χ2v) is 7.50. The lowest BCUT2D eigenvalue weighted by Gasteiger charge is -2.28. The van der Waals surface area contributed by atoms with Gasteiger partial charge in [-0.3, -0.25) is 5.43 Å². The lowest BCUT2D eigenvalue weighted by Crippen LogP contribution is -2.37. The van der Waals surface area contributed by atoms with Gasteiger partial charge in [-0.05, 0) is 6.07 Å². The zero-order valence-corrected chi connectivity index (χ0v) is 17.3. The lowest BCUT2D eigenvalue weighted by molar-refractivity contribution is -0.0464. The molecule has 0 bridgehead atoms. The number of benzene rings is 1. The van der Waals surface area contributed by atoms with Crippen LogP contribution in [0.2, 0.25) is 0 Å². The summed E-state index contributed by atoms with van der Waals surface area (Å²) in [6, 6.07) is 10.1. The third kappa shape index (κ3) is 4.84. The molecule has 1 aromatic carbocycles. The summed E-state index contributed by atoms with van der Waals surface area (Å²) in [7, 11) is 0. The van der Waals surface area contributed by atoms with Crippen LogP contribution in [0, 0.1) is 0 Å². The van der Waals surface area contributed by atoms with Gasteiger partial charge in [-0.1, -0.05) is 18.2 Å². The maximum atomic E-state index is 5.55. The molecule has 2 aliphatic rings. The molecule has 0 atom stereocenters. The molecule has 3 aromatic rings. The molecular formula is C22H26N6O3. The van der Waals surface area contributed by atoms with Gasteiger partial charge in [0.2, 0.25) is 0 Å². The largest absolute Gasteiger partial charge is 0.378 e. The number of para-hydroxylation sites is 1. The first-order valence-electron chi connectivity index (χ1n) is 10.6. The number of rotatable bonds is 7. The van der Waals surface area contributed by atoms with E-state index in [9.17, 15) is 0 Å². The van der Waals surface area contributed by atoms with Crippen LogP contribution in [0.15, 0.2) is 41.6 Å². The number of aromatic amines is 1. The normalized spacial score (nSPS) is 17.7. The van der Waals surface area contributed by atoms with Crippen molar-refractivity contribution in [3.63, 3.8) is 0 Å². The number of aromatic nitrogens is 3. The summed E-state index contributed by atoms with van der Waals surface area (Å²) >= 11 is 0. The Morgan fingerprint density at radius 2 is 1.97 bits per heavy atom. The van der Waals surface area contributed by atoms with E-state index < -0.39 is 0 Å². The molecule has 0 amide bonds. The number of H-pyrrole nitrogens is 1. The Kier molecular flexibility index (Phi) is 6.06. The highest BCUT2D eigenvalue weighted by Crippen LogP contribution is 2.20. The van der Waals surface area contributed by atoms with Gasteiger partial charge >= 0.3 is 0 Å². The van der Waals surface area contributed by atoms with Crippen LogP contribution in [0.25, 0.3) is 10.9 Å². The second-order valence-electron chi connectivity index (χ2n) is 7.50. The van der Waals surface area contributed by atoms with Gasteiger partial charge in [0.15, 0.2) is 12.1 Å². The van der Waals surface area contributed by atoms with Crippen molar-refractivity contribution in [2.45, 2.75) is 19.1 Å². The Hall–Kier alpha value is -3.01. The zero-order chi connectivity index (χ0) is 20.9. The number of ether oxygens (including phenoxy) is 3. The monoisotopic (exact) mass is 422 g/mol. The predicted molar refractivity (Wildman–Crippen MR) is 119 cm³/mol. The molecular weight excluding hydrogens is 396 g/mol. The van der Waals surface area contributed by atoms with Crippen molar-refractivity contribution in [3.8, 4) is 0 Å². The Morgan fingerprint density at radius 1 is 1.13 bits per heavy atom. The molecule has 2 fully saturated rings. The Morgan fingerprint density at radius 3 is 2.84 bits per heavy atom. The fourth-order valence-electron chi connectivity index (χ4n) is 3.80. The van der Waals surface area contributed by atoms with Crippen LogP contribution in [0.5, 0.6) is 0 Å². The molecule has 0 saturated carbocycles. The number of fused-ring (bicyclic) bond motifs is 1. The van der Waals surface area contributed by atoms with Crippen LogP contribution in [0.1, 0.15) is 17.8 Å². The number of anilines is 2. The molecule has 0 radical (unpaired) electrons. The minimum absolute atomic E-state index is 0.174. The van der Waals surface area contributed by atoms with Crippen molar-refractivity contribution in [2.24, 2.45) is 5.10 Å². The van der Waals surface area contributed by atoms with Crippen molar-refractivity contribution in [1.82, 2.24) is 15.0 Å². The van der Waals surface area contributed by atoms with E-state index >= 15 is 0 Å². The average molecular weight is 422 g/mol. The van der Waals surface area contributed by atoms with Gasteiger partial charge in [0.1, 0.15) is 11.6 Å². The molecule has 0 unspecified atom stereocenters. The van der Waals surface area contributed by atoms with Crippen molar-refractivity contribution < 1.29 is 14.2 Å². The fraction of sp³-hybridized carbons (Fsp3) is 0.409. The molecule has 31 heavy (non-hydrogen) atoms. The second kappa shape index (κ2) is 9.42. The average Bonchev–Trinajstić information content (AvgIpc) is 3.49. The fourth-order valence-corrected chi connectivity index (χ4v) is 3.80. The first-order valence-corrected chi connectivity index (χ1v) is 10.6. The quantitative estimate of drug-likeness (QED) is 0.446. The number of nitrogens with zero attached hydrogens (tertiary/aromatic N) is 4. The van der Waals surface area contributed by atoms with Crippen LogP contribution in [-0.4, -0.2) is 67.0 Å². The van der Waals surface area contributed by atoms with Crippen LogP contribution >= 0.6 is 0 Å². The van der Waals surface area contributed by atoms with Gasteiger partial charge in [0, 0.05) is 54.7 Å². The summed E-state index contributed by atoms with van der Waals surface area (Å²) in [5, 5.41) is 5.55. The molecule has 9 nitrogen and oxygen atoms in total. The third-order valence-corrected chi connectivity index (χ3v) is 5.39. The minimum Gasteiger partial charge on any atom is -0.378 e. The summed E-state index contributed by atoms with van der Waals surface area (Å²) < 4.78 is 16.6.